The molecule has 1 heterocycles. The van der Waals surface area contributed by atoms with E-state index in [0.29, 0.717) is 4.88 Å². The summed E-state index contributed by atoms with van der Waals surface area (Å²) in [5.41, 5.74) is 0. The van der Waals surface area contributed by atoms with E-state index in [1.807, 2.05) is 13.0 Å². The van der Waals surface area contributed by atoms with Crippen LogP contribution in [0.15, 0.2) is 12.1 Å². The number of carbonyl (C=O) groups excluding carboxylic acids is 3. The Balaban J connectivity index is 2.30. The standard InChI is InChI=1S/C12H16N2O3S/c1-8-3-5-10(18-8)9(15)4-6-11(16)14-7-12(17)13-2/h3,5H,4,6-7H2,1-2H3,(H,13,17)(H,14,16). The minimum Gasteiger partial charge on any atom is -0.358 e. The molecule has 2 amide bonds. The third-order valence-electron chi connectivity index (χ3n) is 2.32. The summed E-state index contributed by atoms with van der Waals surface area (Å²) in [4.78, 5) is 35.7. The fraction of sp³-hybridized carbons (Fsp3) is 0.417. The highest BCUT2D eigenvalue weighted by Gasteiger charge is 2.11. The second kappa shape index (κ2) is 6.90. The van der Waals surface area contributed by atoms with Gasteiger partial charge in [-0.05, 0) is 19.1 Å². The third kappa shape index (κ3) is 4.67. The van der Waals surface area contributed by atoms with Crippen molar-refractivity contribution in [3.63, 3.8) is 0 Å². The lowest BCUT2D eigenvalue weighted by Crippen LogP contribution is -2.35. The van der Waals surface area contributed by atoms with Gasteiger partial charge in [-0.2, -0.15) is 0 Å². The Hall–Kier alpha value is -1.69. The zero-order valence-electron chi connectivity index (χ0n) is 10.4. The summed E-state index contributed by atoms with van der Waals surface area (Å²) in [6.45, 7) is 1.87. The maximum Gasteiger partial charge on any atom is 0.239 e. The SMILES string of the molecule is CNC(=O)CNC(=O)CCC(=O)c1ccc(C)s1. The Morgan fingerprint density at radius 1 is 1.17 bits per heavy atom. The number of hydrogen-bond donors (Lipinski definition) is 2. The summed E-state index contributed by atoms with van der Waals surface area (Å²) in [6, 6.07) is 3.65. The third-order valence-corrected chi connectivity index (χ3v) is 3.36. The summed E-state index contributed by atoms with van der Waals surface area (Å²) < 4.78 is 0. The Morgan fingerprint density at radius 2 is 1.89 bits per heavy atom. The van der Waals surface area contributed by atoms with E-state index in [1.165, 1.54) is 18.4 Å². The van der Waals surface area contributed by atoms with E-state index in [-0.39, 0.29) is 37.0 Å². The first-order valence-electron chi connectivity index (χ1n) is 5.60. The van der Waals surface area contributed by atoms with E-state index in [2.05, 4.69) is 10.6 Å². The molecule has 5 nitrogen and oxygen atoms in total. The molecule has 1 aromatic rings. The molecule has 0 spiro atoms. The summed E-state index contributed by atoms with van der Waals surface area (Å²) >= 11 is 1.42. The Labute approximate surface area is 110 Å². The van der Waals surface area contributed by atoms with Crippen molar-refractivity contribution in [1.29, 1.82) is 0 Å². The molecule has 0 aliphatic heterocycles. The lowest BCUT2D eigenvalue weighted by Gasteiger charge is -2.03. The topological polar surface area (TPSA) is 75.3 Å². The van der Waals surface area contributed by atoms with Gasteiger partial charge in [-0.1, -0.05) is 0 Å². The smallest absolute Gasteiger partial charge is 0.239 e. The molecule has 0 aliphatic rings. The van der Waals surface area contributed by atoms with Crippen LogP contribution in [0.2, 0.25) is 0 Å². The van der Waals surface area contributed by atoms with Gasteiger partial charge in [0.1, 0.15) is 0 Å². The summed E-state index contributed by atoms with van der Waals surface area (Å²) in [6.07, 6.45) is 0.270. The van der Waals surface area contributed by atoms with Gasteiger partial charge in [0, 0.05) is 24.8 Å². The number of hydrogen-bond acceptors (Lipinski definition) is 4. The molecule has 0 fully saturated rings. The highest BCUT2D eigenvalue weighted by atomic mass is 32.1. The van der Waals surface area contributed by atoms with Crippen molar-refractivity contribution in [2.45, 2.75) is 19.8 Å². The first-order chi connectivity index (χ1) is 8.52. The molecular weight excluding hydrogens is 252 g/mol. The summed E-state index contributed by atoms with van der Waals surface area (Å²) in [5.74, 6) is -0.591. The molecule has 0 aromatic carbocycles. The number of rotatable bonds is 6. The molecule has 18 heavy (non-hydrogen) atoms. The molecule has 0 saturated heterocycles. The minimum absolute atomic E-state index is 0.0387. The number of ketones is 1. The lowest BCUT2D eigenvalue weighted by molar-refractivity contribution is -0.125. The van der Waals surface area contributed by atoms with E-state index < -0.39 is 0 Å². The number of carbonyl (C=O) groups is 3. The largest absolute Gasteiger partial charge is 0.358 e. The fourth-order valence-electron chi connectivity index (χ4n) is 1.29. The van der Waals surface area contributed by atoms with E-state index in [1.54, 1.807) is 6.07 Å². The van der Waals surface area contributed by atoms with Crippen LogP contribution in [0.5, 0.6) is 0 Å². The number of amides is 2. The molecule has 0 bridgehead atoms. The van der Waals surface area contributed by atoms with Crippen LogP contribution >= 0.6 is 11.3 Å². The van der Waals surface area contributed by atoms with Crippen molar-refractivity contribution >= 4 is 28.9 Å². The predicted molar refractivity (Wildman–Crippen MR) is 69.7 cm³/mol. The number of aryl methyl sites for hydroxylation is 1. The van der Waals surface area contributed by atoms with Crippen molar-refractivity contribution in [3.8, 4) is 0 Å². The van der Waals surface area contributed by atoms with Gasteiger partial charge in [0.05, 0.1) is 11.4 Å². The van der Waals surface area contributed by atoms with E-state index in [0.717, 1.165) is 4.88 Å². The van der Waals surface area contributed by atoms with E-state index in [9.17, 15) is 14.4 Å². The number of nitrogens with one attached hydrogen (secondary N) is 2. The maximum atomic E-state index is 11.7. The normalized spacial score (nSPS) is 9.89. The van der Waals surface area contributed by atoms with Crippen molar-refractivity contribution in [1.82, 2.24) is 10.6 Å². The maximum absolute atomic E-state index is 11.7. The highest BCUT2D eigenvalue weighted by Crippen LogP contribution is 2.17. The molecule has 6 heteroatoms. The van der Waals surface area contributed by atoms with Crippen molar-refractivity contribution in [2.75, 3.05) is 13.6 Å². The quantitative estimate of drug-likeness (QED) is 0.752. The summed E-state index contributed by atoms with van der Waals surface area (Å²) in [5, 5.41) is 4.84. The average molecular weight is 268 g/mol. The van der Waals surface area contributed by atoms with Gasteiger partial charge in [0.15, 0.2) is 5.78 Å². The number of Topliss-reactive ketones (excluding diaryl/α,β-unsaturated/α-hetero) is 1. The number of likely N-dealkylation sites (N-methyl/N-ethyl adjacent to an activating group) is 1. The number of thiophene rings is 1. The van der Waals surface area contributed by atoms with Gasteiger partial charge in [-0.15, -0.1) is 11.3 Å². The van der Waals surface area contributed by atoms with Crippen LogP contribution in [-0.4, -0.2) is 31.2 Å². The minimum atomic E-state index is -0.291. The molecule has 0 radical (unpaired) electrons. The van der Waals surface area contributed by atoms with Crippen LogP contribution in [0.25, 0.3) is 0 Å². The molecular formula is C12H16N2O3S. The van der Waals surface area contributed by atoms with Gasteiger partial charge >= 0.3 is 0 Å². The Bertz CT molecular complexity index is 454. The van der Waals surface area contributed by atoms with Gasteiger partial charge in [0.2, 0.25) is 11.8 Å². The second-order valence-corrected chi connectivity index (χ2v) is 5.07. The van der Waals surface area contributed by atoms with Gasteiger partial charge in [-0.3, -0.25) is 14.4 Å². The second-order valence-electron chi connectivity index (χ2n) is 3.78. The van der Waals surface area contributed by atoms with E-state index >= 15 is 0 Å². The van der Waals surface area contributed by atoms with Crippen LogP contribution in [0.1, 0.15) is 27.4 Å². The first-order valence-corrected chi connectivity index (χ1v) is 6.41. The van der Waals surface area contributed by atoms with Crippen LogP contribution in [0, 0.1) is 6.92 Å². The molecule has 1 rings (SSSR count). The van der Waals surface area contributed by atoms with Crippen LogP contribution in [0.3, 0.4) is 0 Å². The molecule has 0 unspecified atom stereocenters. The van der Waals surface area contributed by atoms with Gasteiger partial charge in [0.25, 0.3) is 0 Å². The monoisotopic (exact) mass is 268 g/mol. The van der Waals surface area contributed by atoms with Crippen LogP contribution in [-0.2, 0) is 9.59 Å². The summed E-state index contributed by atoms with van der Waals surface area (Å²) in [7, 11) is 1.50. The van der Waals surface area contributed by atoms with Crippen molar-refractivity contribution in [2.24, 2.45) is 0 Å². The van der Waals surface area contributed by atoms with Gasteiger partial charge in [-0.25, -0.2) is 0 Å². The Morgan fingerprint density at radius 3 is 2.44 bits per heavy atom. The van der Waals surface area contributed by atoms with Crippen LogP contribution < -0.4 is 10.6 Å². The average Bonchev–Trinajstić information content (AvgIpc) is 2.79. The van der Waals surface area contributed by atoms with Gasteiger partial charge < -0.3 is 10.6 Å². The predicted octanol–water partition coefficient (Wildman–Crippen LogP) is 0.882. The molecule has 98 valence electrons. The zero-order chi connectivity index (χ0) is 13.5. The fourth-order valence-corrected chi connectivity index (χ4v) is 2.13. The van der Waals surface area contributed by atoms with Crippen molar-refractivity contribution in [3.05, 3.63) is 21.9 Å². The molecule has 0 saturated carbocycles. The highest BCUT2D eigenvalue weighted by molar-refractivity contribution is 7.14. The Kier molecular flexibility index (Phi) is 5.51. The molecule has 0 aliphatic carbocycles. The van der Waals surface area contributed by atoms with Crippen molar-refractivity contribution < 1.29 is 14.4 Å². The zero-order valence-corrected chi connectivity index (χ0v) is 11.2. The molecule has 1 aromatic heterocycles. The molecule has 0 atom stereocenters. The molecule has 2 N–H and O–H groups in total. The lowest BCUT2D eigenvalue weighted by atomic mass is 10.2. The first kappa shape index (κ1) is 14.4. The van der Waals surface area contributed by atoms with Crippen LogP contribution in [0.4, 0.5) is 0 Å². The van der Waals surface area contributed by atoms with E-state index in [4.69, 9.17) is 0 Å².